The number of nitrogens with one attached hydrogen (secondary N) is 1. The Balaban J connectivity index is 2.95. The number of amidine groups is 1. The highest BCUT2D eigenvalue weighted by molar-refractivity contribution is 5.84. The lowest BCUT2D eigenvalue weighted by Crippen LogP contribution is -2.18. The summed E-state index contributed by atoms with van der Waals surface area (Å²) in [7, 11) is 0. The van der Waals surface area contributed by atoms with E-state index < -0.39 is 11.7 Å². The third-order valence-electron chi connectivity index (χ3n) is 2.20. The van der Waals surface area contributed by atoms with Gasteiger partial charge in [-0.1, -0.05) is 19.1 Å². The fraction of sp³-hybridized carbons (Fsp3) is 0.300. The zero-order valence-electron chi connectivity index (χ0n) is 8.10. The molecule has 0 fully saturated rings. The largest absolute Gasteiger partial charge is 0.416 e. The summed E-state index contributed by atoms with van der Waals surface area (Å²) in [6.45, 7) is 1.67. The highest BCUT2D eigenvalue weighted by Gasteiger charge is 2.30. The molecule has 1 unspecified atom stereocenters. The summed E-state index contributed by atoms with van der Waals surface area (Å²) in [5.41, 5.74) is 5.17. The van der Waals surface area contributed by atoms with Gasteiger partial charge in [0.2, 0.25) is 0 Å². The quantitative estimate of drug-likeness (QED) is 0.579. The lowest BCUT2D eigenvalue weighted by molar-refractivity contribution is -0.137. The van der Waals surface area contributed by atoms with Crippen molar-refractivity contribution in [3.63, 3.8) is 0 Å². The molecule has 0 bridgehead atoms. The Morgan fingerprint density at radius 3 is 2.07 bits per heavy atom. The standard InChI is InChI=1S/C10H11F3N2/c1-6(9(14)15)7-2-4-8(5-3-7)10(11,12)13/h2-6H,1H3,(H3,14,15). The van der Waals surface area contributed by atoms with Crippen molar-refractivity contribution in [1.29, 1.82) is 5.41 Å². The van der Waals surface area contributed by atoms with E-state index in [-0.39, 0.29) is 11.8 Å². The minimum absolute atomic E-state index is 0.0604. The van der Waals surface area contributed by atoms with E-state index in [2.05, 4.69) is 0 Å². The van der Waals surface area contributed by atoms with E-state index in [1.807, 2.05) is 0 Å². The van der Waals surface area contributed by atoms with Crippen LogP contribution in [0.2, 0.25) is 0 Å². The van der Waals surface area contributed by atoms with Gasteiger partial charge >= 0.3 is 6.18 Å². The molecule has 3 N–H and O–H groups in total. The fourth-order valence-corrected chi connectivity index (χ4v) is 1.14. The summed E-state index contributed by atoms with van der Waals surface area (Å²) < 4.78 is 36.6. The number of alkyl halides is 3. The van der Waals surface area contributed by atoms with Crippen molar-refractivity contribution in [2.45, 2.75) is 19.0 Å². The first kappa shape index (κ1) is 11.6. The van der Waals surface area contributed by atoms with Gasteiger partial charge in [-0.2, -0.15) is 13.2 Å². The summed E-state index contributed by atoms with van der Waals surface area (Å²) in [6.07, 6.45) is -4.32. The molecule has 0 aliphatic rings. The molecule has 2 nitrogen and oxygen atoms in total. The number of nitrogens with two attached hydrogens (primary N) is 1. The second-order valence-corrected chi connectivity index (χ2v) is 3.30. The van der Waals surface area contributed by atoms with Gasteiger partial charge in [0.1, 0.15) is 0 Å². The Hall–Kier alpha value is -1.52. The summed E-state index contributed by atoms with van der Waals surface area (Å²) >= 11 is 0. The molecule has 0 aliphatic heterocycles. The van der Waals surface area contributed by atoms with Crippen molar-refractivity contribution in [1.82, 2.24) is 0 Å². The Labute approximate surface area is 85.4 Å². The average molecular weight is 216 g/mol. The smallest absolute Gasteiger partial charge is 0.387 e. The molecule has 1 aromatic rings. The molecule has 0 saturated heterocycles. The molecular formula is C10H11F3N2. The third-order valence-corrected chi connectivity index (χ3v) is 2.20. The predicted octanol–water partition coefficient (Wildman–Crippen LogP) is 2.74. The first-order valence-electron chi connectivity index (χ1n) is 4.33. The first-order valence-corrected chi connectivity index (χ1v) is 4.33. The second kappa shape index (κ2) is 3.92. The van der Waals surface area contributed by atoms with Crippen LogP contribution in [-0.2, 0) is 6.18 Å². The van der Waals surface area contributed by atoms with Crippen LogP contribution in [0.3, 0.4) is 0 Å². The fourth-order valence-electron chi connectivity index (χ4n) is 1.14. The van der Waals surface area contributed by atoms with Gasteiger partial charge in [-0.05, 0) is 17.7 Å². The van der Waals surface area contributed by atoms with E-state index in [1.165, 1.54) is 12.1 Å². The number of benzene rings is 1. The van der Waals surface area contributed by atoms with Crippen molar-refractivity contribution >= 4 is 5.84 Å². The van der Waals surface area contributed by atoms with Crippen LogP contribution in [-0.4, -0.2) is 5.84 Å². The molecule has 82 valence electrons. The molecule has 0 saturated carbocycles. The summed E-state index contributed by atoms with van der Waals surface area (Å²) in [6, 6.07) is 4.67. The van der Waals surface area contributed by atoms with Gasteiger partial charge in [-0.3, -0.25) is 5.41 Å². The van der Waals surface area contributed by atoms with E-state index in [1.54, 1.807) is 6.92 Å². The maximum absolute atomic E-state index is 12.2. The zero-order chi connectivity index (χ0) is 11.6. The number of hydrogen-bond donors (Lipinski definition) is 2. The van der Waals surface area contributed by atoms with Crippen molar-refractivity contribution in [2.24, 2.45) is 5.73 Å². The minimum Gasteiger partial charge on any atom is -0.387 e. The maximum atomic E-state index is 12.2. The van der Waals surface area contributed by atoms with Crippen molar-refractivity contribution in [3.05, 3.63) is 35.4 Å². The lowest BCUT2D eigenvalue weighted by atomic mass is 9.99. The van der Waals surface area contributed by atoms with E-state index in [0.29, 0.717) is 5.56 Å². The van der Waals surface area contributed by atoms with Crippen LogP contribution >= 0.6 is 0 Å². The lowest BCUT2D eigenvalue weighted by Gasteiger charge is -2.11. The highest BCUT2D eigenvalue weighted by Crippen LogP contribution is 2.30. The molecular weight excluding hydrogens is 205 g/mol. The molecule has 0 radical (unpaired) electrons. The van der Waals surface area contributed by atoms with Crippen molar-refractivity contribution in [2.75, 3.05) is 0 Å². The van der Waals surface area contributed by atoms with Gasteiger partial charge in [0, 0.05) is 5.92 Å². The van der Waals surface area contributed by atoms with E-state index in [9.17, 15) is 13.2 Å². The average Bonchev–Trinajstić information content (AvgIpc) is 2.15. The normalized spacial score (nSPS) is 13.6. The molecule has 1 atom stereocenters. The molecule has 1 aromatic carbocycles. The van der Waals surface area contributed by atoms with Gasteiger partial charge in [-0.15, -0.1) is 0 Å². The van der Waals surface area contributed by atoms with Crippen LogP contribution in [0.1, 0.15) is 24.0 Å². The number of hydrogen-bond acceptors (Lipinski definition) is 1. The minimum atomic E-state index is -4.32. The molecule has 1 rings (SSSR count). The Kier molecular flexibility index (Phi) is 3.02. The first-order chi connectivity index (χ1) is 6.82. The molecule has 0 heterocycles. The molecule has 0 aliphatic carbocycles. The Bertz CT molecular complexity index is 354. The van der Waals surface area contributed by atoms with Crippen LogP contribution in [0, 0.1) is 5.41 Å². The molecule has 0 aromatic heterocycles. The van der Waals surface area contributed by atoms with Crippen molar-refractivity contribution in [3.8, 4) is 0 Å². The third kappa shape index (κ3) is 2.71. The topological polar surface area (TPSA) is 49.9 Å². The van der Waals surface area contributed by atoms with Gasteiger partial charge < -0.3 is 5.73 Å². The van der Waals surface area contributed by atoms with Crippen LogP contribution in [0.5, 0.6) is 0 Å². The molecule has 15 heavy (non-hydrogen) atoms. The second-order valence-electron chi connectivity index (χ2n) is 3.30. The highest BCUT2D eigenvalue weighted by atomic mass is 19.4. The SMILES string of the molecule is CC(C(=N)N)c1ccc(C(F)(F)F)cc1. The summed E-state index contributed by atoms with van der Waals surface area (Å²) in [4.78, 5) is 0. The van der Waals surface area contributed by atoms with Crippen molar-refractivity contribution < 1.29 is 13.2 Å². The van der Waals surface area contributed by atoms with Gasteiger partial charge in [0.05, 0.1) is 11.4 Å². The van der Waals surface area contributed by atoms with E-state index >= 15 is 0 Å². The predicted molar refractivity (Wildman–Crippen MR) is 51.8 cm³/mol. The summed E-state index contributed by atoms with van der Waals surface area (Å²) in [5.74, 6) is -0.415. The van der Waals surface area contributed by atoms with E-state index in [0.717, 1.165) is 12.1 Å². The monoisotopic (exact) mass is 216 g/mol. The maximum Gasteiger partial charge on any atom is 0.416 e. The molecule has 0 spiro atoms. The van der Waals surface area contributed by atoms with Crippen LogP contribution in [0.15, 0.2) is 24.3 Å². The number of rotatable bonds is 2. The Morgan fingerprint density at radius 2 is 1.73 bits per heavy atom. The summed E-state index contributed by atoms with van der Waals surface area (Å²) in [5, 5.41) is 7.17. The van der Waals surface area contributed by atoms with E-state index in [4.69, 9.17) is 11.1 Å². The van der Waals surface area contributed by atoms with Gasteiger partial charge in [0.15, 0.2) is 0 Å². The zero-order valence-corrected chi connectivity index (χ0v) is 8.10. The van der Waals surface area contributed by atoms with Crippen LogP contribution in [0.4, 0.5) is 13.2 Å². The molecule has 5 heteroatoms. The Morgan fingerprint density at radius 1 is 1.27 bits per heavy atom. The molecule has 0 amide bonds. The van der Waals surface area contributed by atoms with Gasteiger partial charge in [0.25, 0.3) is 0 Å². The van der Waals surface area contributed by atoms with Crippen LogP contribution in [0.25, 0.3) is 0 Å². The van der Waals surface area contributed by atoms with Crippen LogP contribution < -0.4 is 5.73 Å². The van der Waals surface area contributed by atoms with Gasteiger partial charge in [-0.25, -0.2) is 0 Å². The number of halogens is 3.